The zero-order chi connectivity index (χ0) is 38.6. The maximum absolute atomic E-state index is 14.8. The minimum Gasteiger partial charge on any atom is -0.456 e. The third kappa shape index (κ3) is 5.65. The molecular formula is C54H35FN2O. The highest BCUT2D eigenvalue weighted by Gasteiger charge is 2.20. The first-order valence-electron chi connectivity index (χ1n) is 19.5. The lowest BCUT2D eigenvalue weighted by Crippen LogP contribution is -2.11. The summed E-state index contributed by atoms with van der Waals surface area (Å²) in [6, 6.07) is 73.1. The molecule has 0 aliphatic heterocycles. The maximum Gasteiger partial charge on any atom is 0.136 e. The van der Waals surface area contributed by atoms with Crippen LogP contribution in [0.15, 0.2) is 217 Å². The zero-order valence-corrected chi connectivity index (χ0v) is 31.4. The minimum atomic E-state index is -0.255. The van der Waals surface area contributed by atoms with Crippen molar-refractivity contribution in [1.82, 2.24) is 4.57 Å². The molecule has 0 spiro atoms. The van der Waals surface area contributed by atoms with E-state index in [0.717, 1.165) is 99.9 Å². The van der Waals surface area contributed by atoms with Crippen LogP contribution in [0.4, 0.5) is 21.5 Å². The van der Waals surface area contributed by atoms with E-state index in [9.17, 15) is 4.39 Å². The zero-order valence-electron chi connectivity index (χ0n) is 31.4. The number of hydrogen-bond acceptors (Lipinski definition) is 2. The van der Waals surface area contributed by atoms with Gasteiger partial charge in [-0.15, -0.1) is 0 Å². The smallest absolute Gasteiger partial charge is 0.136 e. The van der Waals surface area contributed by atoms with Crippen molar-refractivity contribution in [1.29, 1.82) is 0 Å². The molecule has 2 heterocycles. The van der Waals surface area contributed by atoms with Gasteiger partial charge in [0.05, 0.1) is 22.4 Å². The van der Waals surface area contributed by atoms with Crippen LogP contribution in [-0.2, 0) is 0 Å². The summed E-state index contributed by atoms with van der Waals surface area (Å²) in [5, 5.41) is 4.37. The van der Waals surface area contributed by atoms with Crippen LogP contribution in [0.1, 0.15) is 0 Å². The number of benzene rings is 9. The van der Waals surface area contributed by atoms with Crippen LogP contribution < -0.4 is 4.90 Å². The molecule has 0 amide bonds. The fourth-order valence-electron chi connectivity index (χ4n) is 8.57. The van der Waals surface area contributed by atoms with Gasteiger partial charge in [0.1, 0.15) is 17.0 Å². The fraction of sp³-hybridized carbons (Fsp3) is 0. The van der Waals surface area contributed by atoms with E-state index in [-0.39, 0.29) is 5.82 Å². The molecule has 0 fully saturated rings. The number of rotatable bonds is 7. The van der Waals surface area contributed by atoms with Gasteiger partial charge in [-0.25, -0.2) is 4.39 Å². The minimum absolute atomic E-state index is 0.255. The van der Waals surface area contributed by atoms with E-state index in [4.69, 9.17) is 4.42 Å². The average Bonchev–Trinajstić information content (AvgIpc) is 3.82. The molecule has 4 heteroatoms. The molecule has 0 bridgehead atoms. The standard InChI is InChI=1S/C54H35FN2O/c55-40-27-33-46-45-16-6-10-20-51(45)57(52(46)35-40)50-19-9-5-15-44(50)38-24-30-42(31-25-38)56(49-18-8-4-14-43(49)37-12-2-1-3-13-37)41-28-22-36(23-29-41)39-26-32-48-47-17-7-11-21-53(47)58-54(48)34-39/h1-35H. The van der Waals surface area contributed by atoms with Gasteiger partial charge in [-0.2, -0.15) is 0 Å². The first-order chi connectivity index (χ1) is 28.7. The quantitative estimate of drug-likeness (QED) is 0.162. The number of aromatic nitrogens is 1. The fourth-order valence-corrected chi connectivity index (χ4v) is 8.57. The van der Waals surface area contributed by atoms with Crippen LogP contribution >= 0.6 is 0 Å². The van der Waals surface area contributed by atoms with Gasteiger partial charge in [0.25, 0.3) is 0 Å². The van der Waals surface area contributed by atoms with Gasteiger partial charge in [-0.05, 0) is 101 Å². The number of anilines is 3. The molecule has 0 saturated carbocycles. The SMILES string of the molecule is Fc1ccc2c3ccccc3n(-c3ccccc3-c3ccc(N(c4ccc(-c5ccc6c(c5)oc5ccccc56)cc4)c4ccccc4-c4ccccc4)cc3)c2c1. The highest BCUT2D eigenvalue weighted by atomic mass is 19.1. The van der Waals surface area contributed by atoms with Crippen LogP contribution in [-0.4, -0.2) is 4.57 Å². The van der Waals surface area contributed by atoms with Crippen LogP contribution in [0.5, 0.6) is 0 Å². The van der Waals surface area contributed by atoms with Crippen LogP contribution in [0.3, 0.4) is 0 Å². The highest BCUT2D eigenvalue weighted by molar-refractivity contribution is 6.10. The van der Waals surface area contributed by atoms with Crippen molar-refractivity contribution in [2.45, 2.75) is 0 Å². The van der Waals surface area contributed by atoms with Crippen LogP contribution in [0.25, 0.3) is 82.8 Å². The predicted molar refractivity (Wildman–Crippen MR) is 239 cm³/mol. The number of hydrogen-bond donors (Lipinski definition) is 0. The van der Waals surface area contributed by atoms with Crippen molar-refractivity contribution >= 4 is 60.8 Å². The van der Waals surface area contributed by atoms with Gasteiger partial charge in [-0.3, -0.25) is 0 Å². The Hall–Kier alpha value is -7.69. The number of furan rings is 1. The summed E-state index contributed by atoms with van der Waals surface area (Å²) < 4.78 is 23.2. The normalized spacial score (nSPS) is 11.5. The number of nitrogens with zero attached hydrogens (tertiary/aromatic N) is 2. The summed E-state index contributed by atoms with van der Waals surface area (Å²) in [5.41, 5.74) is 14.4. The molecular weight excluding hydrogens is 712 g/mol. The molecule has 0 unspecified atom stereocenters. The summed E-state index contributed by atoms with van der Waals surface area (Å²) in [5.74, 6) is -0.255. The molecule has 274 valence electrons. The third-order valence-electron chi connectivity index (χ3n) is 11.3. The van der Waals surface area contributed by atoms with E-state index in [1.165, 1.54) is 0 Å². The van der Waals surface area contributed by atoms with E-state index in [0.29, 0.717) is 0 Å². The summed E-state index contributed by atoms with van der Waals surface area (Å²) in [6.07, 6.45) is 0. The summed E-state index contributed by atoms with van der Waals surface area (Å²) >= 11 is 0. The molecule has 11 rings (SSSR count). The molecule has 3 nitrogen and oxygen atoms in total. The molecule has 0 aliphatic rings. The van der Waals surface area contributed by atoms with Crippen LogP contribution in [0.2, 0.25) is 0 Å². The Bertz CT molecular complexity index is 3290. The second kappa shape index (κ2) is 13.8. The lowest BCUT2D eigenvalue weighted by molar-refractivity contribution is 0.629. The summed E-state index contributed by atoms with van der Waals surface area (Å²) in [4.78, 5) is 2.33. The van der Waals surface area contributed by atoms with Crippen LogP contribution in [0, 0.1) is 5.82 Å². The molecule has 58 heavy (non-hydrogen) atoms. The van der Waals surface area contributed by atoms with Crippen molar-refractivity contribution in [3.05, 3.63) is 218 Å². The summed E-state index contributed by atoms with van der Waals surface area (Å²) in [7, 11) is 0. The Kier molecular flexibility index (Phi) is 8.00. The van der Waals surface area contributed by atoms with Gasteiger partial charge in [0.2, 0.25) is 0 Å². The van der Waals surface area contributed by atoms with Gasteiger partial charge in [0, 0.05) is 44.0 Å². The predicted octanol–water partition coefficient (Wildman–Crippen LogP) is 15.3. The number of halogens is 1. The second-order valence-corrected chi connectivity index (χ2v) is 14.7. The Morgan fingerprint density at radius 3 is 1.76 bits per heavy atom. The van der Waals surface area contributed by atoms with E-state index < -0.39 is 0 Å². The Morgan fingerprint density at radius 2 is 0.948 bits per heavy atom. The molecule has 0 aliphatic carbocycles. The van der Waals surface area contributed by atoms with Crippen molar-refractivity contribution in [3.8, 4) is 39.1 Å². The highest BCUT2D eigenvalue weighted by Crippen LogP contribution is 2.43. The van der Waals surface area contributed by atoms with Gasteiger partial charge >= 0.3 is 0 Å². The lowest BCUT2D eigenvalue weighted by Gasteiger charge is -2.28. The summed E-state index contributed by atoms with van der Waals surface area (Å²) in [6.45, 7) is 0. The number of para-hydroxylation sites is 4. The van der Waals surface area contributed by atoms with Gasteiger partial charge in [0.15, 0.2) is 0 Å². The van der Waals surface area contributed by atoms with E-state index in [1.807, 2.05) is 42.5 Å². The molecule has 9 aromatic carbocycles. The van der Waals surface area contributed by atoms with E-state index >= 15 is 0 Å². The molecule has 0 saturated heterocycles. The van der Waals surface area contributed by atoms with Gasteiger partial charge < -0.3 is 13.9 Å². The maximum atomic E-state index is 14.8. The first-order valence-corrected chi connectivity index (χ1v) is 19.5. The molecule has 0 N–H and O–H groups in total. The lowest BCUT2D eigenvalue weighted by atomic mass is 9.99. The largest absolute Gasteiger partial charge is 0.456 e. The van der Waals surface area contributed by atoms with E-state index in [2.05, 4.69) is 167 Å². The van der Waals surface area contributed by atoms with Crippen molar-refractivity contribution in [2.75, 3.05) is 4.90 Å². The second-order valence-electron chi connectivity index (χ2n) is 14.7. The van der Waals surface area contributed by atoms with E-state index in [1.54, 1.807) is 12.1 Å². The molecule has 11 aromatic rings. The van der Waals surface area contributed by atoms with Gasteiger partial charge in [-0.1, -0.05) is 133 Å². The molecule has 0 radical (unpaired) electrons. The Labute approximate surface area is 335 Å². The Balaban J connectivity index is 1.02. The van der Waals surface area contributed by atoms with Crippen molar-refractivity contribution < 1.29 is 8.81 Å². The third-order valence-corrected chi connectivity index (χ3v) is 11.3. The monoisotopic (exact) mass is 746 g/mol. The number of fused-ring (bicyclic) bond motifs is 6. The first kappa shape index (κ1) is 33.6. The Morgan fingerprint density at radius 1 is 0.379 bits per heavy atom. The molecule has 0 atom stereocenters. The molecule has 2 aromatic heterocycles. The van der Waals surface area contributed by atoms with Crippen molar-refractivity contribution in [3.63, 3.8) is 0 Å². The average molecular weight is 747 g/mol. The topological polar surface area (TPSA) is 21.3 Å². The van der Waals surface area contributed by atoms with Crippen molar-refractivity contribution in [2.24, 2.45) is 0 Å².